The molecular formula is C15H20N2O2. The first-order valence-electron chi connectivity index (χ1n) is 7.39. The van der Waals surface area contributed by atoms with E-state index in [2.05, 4.69) is 9.55 Å². The van der Waals surface area contributed by atoms with E-state index in [0.717, 1.165) is 23.6 Å². The predicted octanol–water partition coefficient (Wildman–Crippen LogP) is 2.44. The van der Waals surface area contributed by atoms with Crippen LogP contribution in [0.15, 0.2) is 12.4 Å². The van der Waals surface area contributed by atoms with Crippen molar-refractivity contribution in [2.45, 2.75) is 50.5 Å². The lowest BCUT2D eigenvalue weighted by Gasteiger charge is -2.57. The van der Waals surface area contributed by atoms with Gasteiger partial charge < -0.3 is 9.67 Å². The van der Waals surface area contributed by atoms with Crippen molar-refractivity contribution >= 4 is 5.97 Å². The highest BCUT2D eigenvalue weighted by Gasteiger charge is 2.52. The van der Waals surface area contributed by atoms with Gasteiger partial charge in [0.1, 0.15) is 12.2 Å². The molecule has 102 valence electrons. The normalized spacial score (nSPS) is 39.7. The van der Waals surface area contributed by atoms with Gasteiger partial charge in [-0.25, -0.2) is 4.98 Å². The van der Waals surface area contributed by atoms with E-state index in [0.29, 0.717) is 0 Å². The summed E-state index contributed by atoms with van der Waals surface area (Å²) in [5.41, 5.74) is 0.191. The van der Waals surface area contributed by atoms with Crippen LogP contribution in [0.5, 0.6) is 0 Å². The third-order valence-corrected chi connectivity index (χ3v) is 5.54. The number of carboxylic acid groups (broad SMARTS) is 1. The maximum absolute atomic E-state index is 11.0. The Labute approximate surface area is 112 Å². The highest BCUT2D eigenvalue weighted by atomic mass is 16.4. The molecule has 4 bridgehead atoms. The standard InChI is InChI=1S/C15H20N2O2/c18-14(19)6-13-16-1-2-17(13)15-7-10-3-11(8-15)5-12(4-10)9-15/h1-2,10-12H,3-9H2,(H,18,19). The summed E-state index contributed by atoms with van der Waals surface area (Å²) in [7, 11) is 0. The lowest BCUT2D eigenvalue weighted by atomic mass is 9.53. The van der Waals surface area contributed by atoms with Gasteiger partial charge in [0, 0.05) is 17.9 Å². The molecule has 1 heterocycles. The SMILES string of the molecule is O=C(O)Cc1nccn1C12CC3CC(CC(C3)C1)C2. The van der Waals surface area contributed by atoms with Crippen LogP contribution in [0.4, 0.5) is 0 Å². The van der Waals surface area contributed by atoms with Crippen molar-refractivity contribution in [1.82, 2.24) is 9.55 Å². The fourth-order valence-electron chi connectivity index (χ4n) is 5.39. The summed E-state index contributed by atoms with van der Waals surface area (Å²) >= 11 is 0. The first-order valence-corrected chi connectivity index (χ1v) is 7.39. The lowest BCUT2D eigenvalue weighted by Crippen LogP contribution is -2.52. The summed E-state index contributed by atoms with van der Waals surface area (Å²) in [4.78, 5) is 15.3. The van der Waals surface area contributed by atoms with Crippen LogP contribution < -0.4 is 0 Å². The van der Waals surface area contributed by atoms with E-state index in [4.69, 9.17) is 5.11 Å². The van der Waals surface area contributed by atoms with Crippen LogP contribution >= 0.6 is 0 Å². The monoisotopic (exact) mass is 260 g/mol. The Hall–Kier alpha value is -1.32. The van der Waals surface area contributed by atoms with Crippen molar-refractivity contribution in [3.8, 4) is 0 Å². The van der Waals surface area contributed by atoms with Crippen molar-refractivity contribution in [3.05, 3.63) is 18.2 Å². The van der Waals surface area contributed by atoms with Gasteiger partial charge in [0.25, 0.3) is 0 Å². The second-order valence-corrected chi connectivity index (χ2v) is 6.93. The predicted molar refractivity (Wildman–Crippen MR) is 69.7 cm³/mol. The summed E-state index contributed by atoms with van der Waals surface area (Å²) in [5.74, 6) is 2.57. The summed E-state index contributed by atoms with van der Waals surface area (Å²) < 4.78 is 2.23. The number of imidazole rings is 1. The van der Waals surface area contributed by atoms with E-state index in [1.807, 2.05) is 6.20 Å². The highest BCUT2D eigenvalue weighted by Crippen LogP contribution is 2.58. The van der Waals surface area contributed by atoms with E-state index in [1.54, 1.807) is 6.20 Å². The third-order valence-electron chi connectivity index (χ3n) is 5.54. The van der Waals surface area contributed by atoms with Crippen LogP contribution in [0.3, 0.4) is 0 Å². The molecule has 4 heteroatoms. The van der Waals surface area contributed by atoms with Crippen molar-refractivity contribution in [2.75, 3.05) is 0 Å². The van der Waals surface area contributed by atoms with Crippen molar-refractivity contribution in [2.24, 2.45) is 17.8 Å². The Morgan fingerprint density at radius 1 is 1.26 bits per heavy atom. The van der Waals surface area contributed by atoms with Crippen LogP contribution in [0.2, 0.25) is 0 Å². The van der Waals surface area contributed by atoms with Crippen molar-refractivity contribution in [1.29, 1.82) is 0 Å². The Kier molecular flexibility index (Phi) is 2.32. The largest absolute Gasteiger partial charge is 0.481 e. The van der Waals surface area contributed by atoms with Gasteiger partial charge in [-0.2, -0.15) is 0 Å². The van der Waals surface area contributed by atoms with E-state index < -0.39 is 5.97 Å². The molecule has 4 saturated carbocycles. The van der Waals surface area contributed by atoms with Crippen LogP contribution in [0.25, 0.3) is 0 Å². The van der Waals surface area contributed by atoms with Gasteiger partial charge in [-0.15, -0.1) is 0 Å². The Morgan fingerprint density at radius 3 is 2.37 bits per heavy atom. The van der Waals surface area contributed by atoms with E-state index >= 15 is 0 Å². The molecule has 0 radical (unpaired) electrons. The molecule has 0 spiro atoms. The topological polar surface area (TPSA) is 55.1 Å². The van der Waals surface area contributed by atoms with Gasteiger partial charge in [-0.3, -0.25) is 4.79 Å². The van der Waals surface area contributed by atoms with Crippen LogP contribution in [0.1, 0.15) is 44.3 Å². The minimum absolute atomic E-state index is 0.0503. The zero-order valence-electron chi connectivity index (χ0n) is 11.1. The van der Waals surface area contributed by atoms with Gasteiger partial charge in [-0.05, 0) is 56.3 Å². The lowest BCUT2D eigenvalue weighted by molar-refractivity contribution is -0.136. The van der Waals surface area contributed by atoms with Gasteiger partial charge in [0.2, 0.25) is 0 Å². The zero-order chi connectivity index (χ0) is 13.0. The average Bonchev–Trinajstić information content (AvgIpc) is 2.74. The minimum atomic E-state index is -0.780. The molecular weight excluding hydrogens is 240 g/mol. The summed E-state index contributed by atoms with van der Waals surface area (Å²) in [5, 5.41) is 9.04. The molecule has 0 saturated heterocycles. The van der Waals surface area contributed by atoms with Gasteiger partial charge in [0.05, 0.1) is 0 Å². The van der Waals surface area contributed by atoms with Gasteiger partial charge >= 0.3 is 5.97 Å². The fraction of sp³-hybridized carbons (Fsp3) is 0.733. The number of nitrogens with zero attached hydrogens (tertiary/aromatic N) is 2. The Balaban J connectivity index is 1.72. The minimum Gasteiger partial charge on any atom is -0.481 e. The molecule has 0 unspecified atom stereocenters. The highest BCUT2D eigenvalue weighted by molar-refractivity contribution is 5.69. The van der Waals surface area contributed by atoms with E-state index in [9.17, 15) is 4.79 Å². The van der Waals surface area contributed by atoms with Crippen molar-refractivity contribution in [3.63, 3.8) is 0 Å². The summed E-state index contributed by atoms with van der Waals surface area (Å²) in [6, 6.07) is 0. The van der Waals surface area contributed by atoms with Gasteiger partial charge in [-0.1, -0.05) is 0 Å². The van der Waals surface area contributed by atoms with Crippen LogP contribution in [-0.4, -0.2) is 20.6 Å². The number of hydrogen-bond acceptors (Lipinski definition) is 2. The molecule has 1 aromatic rings. The third kappa shape index (κ3) is 1.72. The maximum atomic E-state index is 11.0. The van der Waals surface area contributed by atoms with Crippen LogP contribution in [-0.2, 0) is 16.8 Å². The Bertz CT molecular complexity index is 485. The number of rotatable bonds is 3. The molecule has 4 fully saturated rings. The molecule has 4 aliphatic carbocycles. The zero-order valence-corrected chi connectivity index (χ0v) is 11.1. The second kappa shape index (κ2) is 3.84. The first-order chi connectivity index (χ1) is 9.14. The molecule has 0 atom stereocenters. The quantitative estimate of drug-likeness (QED) is 0.908. The molecule has 0 amide bonds. The molecule has 1 aromatic heterocycles. The number of hydrogen-bond donors (Lipinski definition) is 1. The molecule has 5 rings (SSSR count). The number of carbonyl (C=O) groups is 1. The Morgan fingerprint density at radius 2 is 1.84 bits per heavy atom. The molecule has 1 N–H and O–H groups in total. The summed E-state index contributed by atoms with van der Waals surface area (Å²) in [6.45, 7) is 0. The average molecular weight is 260 g/mol. The van der Waals surface area contributed by atoms with Gasteiger partial charge in [0.15, 0.2) is 0 Å². The number of aromatic nitrogens is 2. The molecule has 19 heavy (non-hydrogen) atoms. The van der Waals surface area contributed by atoms with Crippen LogP contribution in [0, 0.1) is 17.8 Å². The second-order valence-electron chi connectivity index (χ2n) is 6.93. The molecule has 4 aliphatic rings. The van der Waals surface area contributed by atoms with Crippen molar-refractivity contribution < 1.29 is 9.90 Å². The molecule has 0 aliphatic heterocycles. The fourth-order valence-corrected chi connectivity index (χ4v) is 5.39. The van der Waals surface area contributed by atoms with E-state index in [-0.39, 0.29) is 12.0 Å². The smallest absolute Gasteiger partial charge is 0.311 e. The number of aliphatic carboxylic acids is 1. The maximum Gasteiger partial charge on any atom is 0.311 e. The van der Waals surface area contributed by atoms with E-state index in [1.165, 1.54) is 38.5 Å². The summed E-state index contributed by atoms with van der Waals surface area (Å²) in [6.07, 6.45) is 11.8. The number of carboxylic acids is 1. The first kappa shape index (κ1) is 11.5. The molecule has 4 nitrogen and oxygen atoms in total. The molecule has 0 aromatic carbocycles.